The molecule has 9 nitrogen and oxygen atoms in total. The lowest BCUT2D eigenvalue weighted by Gasteiger charge is -2.19. The van der Waals surface area contributed by atoms with Crippen molar-refractivity contribution in [1.82, 2.24) is 24.9 Å². The van der Waals surface area contributed by atoms with E-state index in [2.05, 4.69) is 20.4 Å². The van der Waals surface area contributed by atoms with Crippen molar-refractivity contribution in [1.29, 1.82) is 0 Å². The monoisotopic (exact) mass is 293 g/mol. The van der Waals surface area contributed by atoms with Crippen molar-refractivity contribution in [3.8, 4) is 0 Å². The number of nitrogens with one attached hydrogen (secondary N) is 1. The van der Waals surface area contributed by atoms with Gasteiger partial charge in [-0.2, -0.15) is 4.98 Å². The van der Waals surface area contributed by atoms with Crippen LogP contribution in [0.4, 0.5) is 4.79 Å². The van der Waals surface area contributed by atoms with Crippen LogP contribution in [-0.2, 0) is 11.3 Å². The Kier molecular flexibility index (Phi) is 3.74. The van der Waals surface area contributed by atoms with E-state index in [9.17, 15) is 9.59 Å². The van der Waals surface area contributed by atoms with Crippen LogP contribution < -0.4 is 5.32 Å². The molecule has 0 fully saturated rings. The van der Waals surface area contributed by atoms with Gasteiger partial charge in [0, 0.05) is 12.4 Å². The number of aromatic carboxylic acids is 1. The van der Waals surface area contributed by atoms with E-state index < -0.39 is 17.7 Å². The molecule has 2 N–H and O–H groups in total. The van der Waals surface area contributed by atoms with Crippen LogP contribution in [0.15, 0.2) is 12.4 Å². The highest BCUT2D eigenvalue weighted by Gasteiger charge is 2.16. The average Bonchev–Trinajstić information content (AvgIpc) is 2.75. The molecule has 9 heteroatoms. The van der Waals surface area contributed by atoms with Gasteiger partial charge in [0.2, 0.25) is 0 Å². The smallest absolute Gasteiger partial charge is 0.408 e. The fourth-order valence-electron chi connectivity index (χ4n) is 1.48. The van der Waals surface area contributed by atoms with Crippen molar-refractivity contribution in [2.75, 3.05) is 0 Å². The second-order valence-electron chi connectivity index (χ2n) is 5.28. The molecule has 0 aliphatic carbocycles. The summed E-state index contributed by atoms with van der Waals surface area (Å²) in [5.41, 5.74) is -0.590. The number of hydrogen-bond donors (Lipinski definition) is 2. The third kappa shape index (κ3) is 3.88. The SMILES string of the molecule is CC(C)(C)OC(=O)NCc1nc2ncc(C(=O)O)cn2n1. The van der Waals surface area contributed by atoms with Crippen molar-refractivity contribution in [2.45, 2.75) is 32.9 Å². The Morgan fingerprint density at radius 2 is 2.14 bits per heavy atom. The number of fused-ring (bicyclic) bond motifs is 1. The van der Waals surface area contributed by atoms with Crippen LogP contribution in [-0.4, -0.2) is 42.4 Å². The number of alkyl carbamates (subject to hydrolysis) is 1. The third-order valence-corrected chi connectivity index (χ3v) is 2.27. The highest BCUT2D eigenvalue weighted by Crippen LogP contribution is 2.07. The van der Waals surface area contributed by atoms with Crippen molar-refractivity contribution < 1.29 is 19.4 Å². The molecule has 0 unspecified atom stereocenters. The van der Waals surface area contributed by atoms with Gasteiger partial charge in [-0.3, -0.25) is 0 Å². The van der Waals surface area contributed by atoms with Crippen LogP contribution in [0.1, 0.15) is 37.0 Å². The summed E-state index contributed by atoms with van der Waals surface area (Å²) in [6, 6.07) is 0. The van der Waals surface area contributed by atoms with E-state index in [1.54, 1.807) is 20.8 Å². The first-order valence-corrected chi connectivity index (χ1v) is 6.16. The van der Waals surface area contributed by atoms with Crippen molar-refractivity contribution in [3.63, 3.8) is 0 Å². The highest BCUT2D eigenvalue weighted by atomic mass is 16.6. The highest BCUT2D eigenvalue weighted by molar-refractivity contribution is 5.86. The van der Waals surface area contributed by atoms with Crippen molar-refractivity contribution in [3.05, 3.63) is 23.8 Å². The minimum atomic E-state index is -1.10. The Morgan fingerprint density at radius 3 is 2.76 bits per heavy atom. The van der Waals surface area contributed by atoms with Gasteiger partial charge in [0.15, 0.2) is 5.82 Å². The van der Waals surface area contributed by atoms with Crippen LogP contribution in [0.5, 0.6) is 0 Å². The summed E-state index contributed by atoms with van der Waals surface area (Å²) in [6.45, 7) is 5.33. The molecule has 0 saturated heterocycles. The Hall–Kier alpha value is -2.71. The Bertz CT molecular complexity index is 689. The zero-order chi connectivity index (χ0) is 15.6. The number of amides is 1. The molecule has 21 heavy (non-hydrogen) atoms. The number of aromatic nitrogens is 4. The third-order valence-electron chi connectivity index (χ3n) is 2.27. The van der Waals surface area contributed by atoms with E-state index in [1.807, 2.05) is 0 Å². The van der Waals surface area contributed by atoms with Gasteiger partial charge in [-0.05, 0) is 20.8 Å². The van der Waals surface area contributed by atoms with Crippen molar-refractivity contribution >= 4 is 17.8 Å². The predicted octanol–water partition coefficient (Wildman–Crippen LogP) is 0.847. The fraction of sp³-hybridized carbons (Fsp3) is 0.417. The molecule has 2 aromatic heterocycles. The van der Waals surface area contributed by atoms with Gasteiger partial charge in [0.05, 0.1) is 12.1 Å². The molecule has 0 aliphatic heterocycles. The molecule has 2 heterocycles. The van der Waals surface area contributed by atoms with Crippen LogP contribution in [0.25, 0.3) is 5.78 Å². The molecule has 0 aromatic carbocycles. The van der Waals surface area contributed by atoms with Gasteiger partial charge in [-0.15, -0.1) is 5.10 Å². The summed E-state index contributed by atoms with van der Waals surface area (Å²) < 4.78 is 6.32. The Morgan fingerprint density at radius 1 is 1.43 bits per heavy atom. The van der Waals surface area contributed by atoms with Crippen LogP contribution in [0.2, 0.25) is 0 Å². The van der Waals surface area contributed by atoms with Crippen molar-refractivity contribution in [2.24, 2.45) is 0 Å². The minimum absolute atomic E-state index is 0.000878. The largest absolute Gasteiger partial charge is 0.478 e. The summed E-state index contributed by atoms with van der Waals surface area (Å²) in [4.78, 5) is 30.3. The summed E-state index contributed by atoms with van der Waals surface area (Å²) in [5, 5.41) is 15.4. The molecule has 0 saturated carbocycles. The number of carbonyl (C=O) groups excluding carboxylic acids is 1. The molecule has 2 rings (SSSR count). The number of carboxylic acids is 1. The zero-order valence-corrected chi connectivity index (χ0v) is 11.8. The lowest BCUT2D eigenvalue weighted by Crippen LogP contribution is -2.32. The van der Waals surface area contributed by atoms with E-state index in [1.165, 1.54) is 16.9 Å². The number of ether oxygens (including phenoxy) is 1. The van der Waals surface area contributed by atoms with Gasteiger partial charge >= 0.3 is 12.1 Å². The van der Waals surface area contributed by atoms with Gasteiger partial charge in [-0.25, -0.2) is 19.1 Å². The van der Waals surface area contributed by atoms with Gasteiger partial charge in [-0.1, -0.05) is 0 Å². The van der Waals surface area contributed by atoms with E-state index >= 15 is 0 Å². The molecule has 0 radical (unpaired) electrons. The van der Waals surface area contributed by atoms with Gasteiger partial charge in [0.1, 0.15) is 5.60 Å². The summed E-state index contributed by atoms with van der Waals surface area (Å²) in [6.07, 6.45) is 1.91. The molecule has 0 atom stereocenters. The number of carbonyl (C=O) groups is 2. The summed E-state index contributed by atoms with van der Waals surface area (Å²) in [7, 11) is 0. The Labute approximate surface area is 120 Å². The number of hydrogen-bond acceptors (Lipinski definition) is 6. The van der Waals surface area contributed by atoms with Crippen LogP contribution in [0, 0.1) is 0 Å². The number of rotatable bonds is 3. The van der Waals surface area contributed by atoms with E-state index in [0.717, 1.165) is 0 Å². The number of nitrogens with zero attached hydrogens (tertiary/aromatic N) is 4. The maximum absolute atomic E-state index is 11.5. The standard InChI is InChI=1S/C12H15N5O4/c1-12(2,3)21-11(20)14-5-8-15-10-13-4-7(9(18)19)6-17(10)16-8/h4,6H,5H2,1-3H3,(H,14,20)(H,18,19). The second-order valence-corrected chi connectivity index (χ2v) is 5.28. The first kappa shape index (κ1) is 14.7. The topological polar surface area (TPSA) is 119 Å². The average molecular weight is 293 g/mol. The molecule has 0 aliphatic rings. The molecule has 1 amide bonds. The maximum atomic E-state index is 11.5. The van der Waals surface area contributed by atoms with Gasteiger partial charge in [0.25, 0.3) is 5.78 Å². The first-order valence-electron chi connectivity index (χ1n) is 6.16. The first-order chi connectivity index (χ1) is 9.74. The molecule has 0 bridgehead atoms. The molecular formula is C12H15N5O4. The molecule has 0 spiro atoms. The van der Waals surface area contributed by atoms with E-state index in [0.29, 0.717) is 5.82 Å². The van der Waals surface area contributed by atoms with Crippen LogP contribution in [0.3, 0.4) is 0 Å². The molecule has 112 valence electrons. The predicted molar refractivity (Wildman–Crippen MR) is 70.8 cm³/mol. The van der Waals surface area contributed by atoms with E-state index in [-0.39, 0.29) is 17.9 Å². The maximum Gasteiger partial charge on any atom is 0.408 e. The minimum Gasteiger partial charge on any atom is -0.478 e. The lowest BCUT2D eigenvalue weighted by molar-refractivity contribution is 0.0521. The lowest BCUT2D eigenvalue weighted by atomic mass is 10.2. The fourth-order valence-corrected chi connectivity index (χ4v) is 1.48. The molecular weight excluding hydrogens is 278 g/mol. The zero-order valence-electron chi connectivity index (χ0n) is 11.8. The summed E-state index contributed by atoms with van der Waals surface area (Å²) >= 11 is 0. The normalized spacial score (nSPS) is 11.4. The number of carboxylic acid groups (broad SMARTS) is 1. The summed E-state index contributed by atoms with van der Waals surface area (Å²) in [5.74, 6) is -0.551. The second kappa shape index (κ2) is 5.35. The van der Waals surface area contributed by atoms with Gasteiger partial charge < -0.3 is 15.2 Å². The van der Waals surface area contributed by atoms with Crippen LogP contribution >= 0.6 is 0 Å². The quantitative estimate of drug-likeness (QED) is 0.860. The molecule has 2 aromatic rings. The van der Waals surface area contributed by atoms with E-state index in [4.69, 9.17) is 9.84 Å². The Balaban J connectivity index is 2.06.